The highest BCUT2D eigenvalue weighted by molar-refractivity contribution is 5.98. The molecule has 1 rings (SSSR count). The number of hydrogen-bond acceptors (Lipinski definition) is 5. The molecule has 0 radical (unpaired) electrons. The molecule has 0 atom stereocenters. The maximum Gasteiger partial charge on any atom is 0.315 e. The van der Waals surface area contributed by atoms with Gasteiger partial charge in [-0.3, -0.25) is 14.9 Å². The van der Waals surface area contributed by atoms with Gasteiger partial charge in [0.15, 0.2) is 5.75 Å². The van der Waals surface area contributed by atoms with Crippen LogP contribution in [0, 0.1) is 10.1 Å². The Morgan fingerprint density at radius 2 is 1.86 bits per heavy atom. The fourth-order valence-electron chi connectivity index (χ4n) is 2.08. The van der Waals surface area contributed by atoms with Crippen molar-refractivity contribution in [1.29, 1.82) is 0 Å². The second kappa shape index (κ2) is 7.44. The first-order valence-electron chi connectivity index (χ1n) is 7.05. The van der Waals surface area contributed by atoms with E-state index in [0.29, 0.717) is 30.6 Å². The predicted molar refractivity (Wildman–Crippen MR) is 82.6 cm³/mol. The molecule has 0 unspecified atom stereocenters. The van der Waals surface area contributed by atoms with Crippen molar-refractivity contribution in [2.45, 2.75) is 27.2 Å². The molecule has 0 aliphatic heterocycles. The summed E-state index contributed by atoms with van der Waals surface area (Å²) in [6, 6.07) is 2.31. The Morgan fingerprint density at radius 1 is 1.27 bits per heavy atom. The Bertz CT molecular complexity index is 606. The third kappa shape index (κ3) is 3.75. The van der Waals surface area contributed by atoms with E-state index in [1.807, 2.05) is 20.8 Å². The average molecular weight is 308 g/mol. The van der Waals surface area contributed by atoms with Gasteiger partial charge in [0.2, 0.25) is 11.7 Å². The van der Waals surface area contributed by atoms with Crippen LogP contribution in [0.4, 0.5) is 5.69 Å². The molecule has 0 saturated carbocycles. The number of amides is 1. The van der Waals surface area contributed by atoms with Gasteiger partial charge in [0.1, 0.15) is 0 Å². The predicted octanol–water partition coefficient (Wildman–Crippen LogP) is 2.67. The van der Waals surface area contributed by atoms with Gasteiger partial charge in [0, 0.05) is 24.7 Å². The van der Waals surface area contributed by atoms with Crippen LogP contribution in [0.1, 0.15) is 32.8 Å². The van der Waals surface area contributed by atoms with Crippen molar-refractivity contribution in [3.05, 3.63) is 33.4 Å². The molecule has 7 nitrogen and oxygen atoms in total. The minimum absolute atomic E-state index is 0.150. The van der Waals surface area contributed by atoms with Gasteiger partial charge in [0.05, 0.1) is 4.92 Å². The van der Waals surface area contributed by atoms with E-state index < -0.39 is 22.1 Å². The molecule has 0 saturated heterocycles. The maximum atomic E-state index is 12.3. The summed E-state index contributed by atoms with van der Waals surface area (Å²) in [7, 11) is 0. The molecule has 0 spiro atoms. The summed E-state index contributed by atoms with van der Waals surface area (Å²) >= 11 is 0. The van der Waals surface area contributed by atoms with E-state index in [1.165, 1.54) is 12.1 Å². The van der Waals surface area contributed by atoms with Gasteiger partial charge in [-0.2, -0.15) is 0 Å². The number of aromatic hydroxyl groups is 2. The summed E-state index contributed by atoms with van der Waals surface area (Å²) in [6.07, 6.45) is 1.94. The van der Waals surface area contributed by atoms with Crippen molar-refractivity contribution in [3.63, 3.8) is 0 Å². The van der Waals surface area contributed by atoms with E-state index in [0.717, 1.165) is 6.07 Å². The number of phenolic OH excluding ortho intramolecular Hbond substituents is 2. The minimum atomic E-state index is -0.787. The van der Waals surface area contributed by atoms with Crippen LogP contribution in [0.25, 0.3) is 6.08 Å². The van der Waals surface area contributed by atoms with E-state index in [-0.39, 0.29) is 5.91 Å². The second-order valence-electron chi connectivity index (χ2n) is 4.67. The number of nitro benzene ring substituents is 1. The van der Waals surface area contributed by atoms with E-state index in [4.69, 9.17) is 0 Å². The van der Waals surface area contributed by atoms with Gasteiger partial charge in [-0.25, -0.2) is 0 Å². The summed E-state index contributed by atoms with van der Waals surface area (Å²) in [6.45, 7) is 6.67. The number of carbonyl (C=O) groups is 1. The van der Waals surface area contributed by atoms with E-state index >= 15 is 0 Å². The topological polar surface area (TPSA) is 104 Å². The lowest BCUT2D eigenvalue weighted by atomic mass is 10.1. The van der Waals surface area contributed by atoms with Gasteiger partial charge in [-0.15, -0.1) is 0 Å². The molecule has 7 heteroatoms. The zero-order valence-corrected chi connectivity index (χ0v) is 12.9. The molecule has 2 N–H and O–H groups in total. The first-order chi connectivity index (χ1) is 10.3. The Hall–Kier alpha value is -2.57. The lowest BCUT2D eigenvalue weighted by Gasteiger charge is -2.20. The maximum absolute atomic E-state index is 12.3. The summed E-state index contributed by atoms with van der Waals surface area (Å²) in [5.74, 6) is -1.52. The molecular weight excluding hydrogens is 288 g/mol. The molecule has 0 aliphatic rings. The molecule has 0 aliphatic carbocycles. The summed E-state index contributed by atoms with van der Waals surface area (Å²) in [5, 5.41) is 29.9. The molecule has 1 amide bonds. The quantitative estimate of drug-likeness (QED) is 0.364. The first-order valence-corrected chi connectivity index (χ1v) is 7.05. The Kier molecular flexibility index (Phi) is 5.91. The number of carbonyl (C=O) groups excluding carboxylic acids is 1. The number of benzene rings is 1. The van der Waals surface area contributed by atoms with Crippen molar-refractivity contribution >= 4 is 17.7 Å². The zero-order valence-electron chi connectivity index (χ0n) is 12.9. The molecule has 0 heterocycles. The van der Waals surface area contributed by atoms with Crippen LogP contribution < -0.4 is 0 Å². The molecular formula is C15H20N2O5. The van der Waals surface area contributed by atoms with Crippen LogP contribution in [0.2, 0.25) is 0 Å². The van der Waals surface area contributed by atoms with Crippen LogP contribution in [0.5, 0.6) is 11.5 Å². The lowest BCUT2D eigenvalue weighted by Crippen LogP contribution is -2.31. The molecule has 0 aromatic heterocycles. The average Bonchev–Trinajstić information content (AvgIpc) is 2.48. The number of rotatable bonds is 6. The molecule has 1 aromatic carbocycles. The number of nitrogens with zero attached hydrogens (tertiary/aromatic N) is 2. The second-order valence-corrected chi connectivity index (χ2v) is 4.67. The Labute approximate surface area is 128 Å². The normalized spacial score (nSPS) is 11.3. The third-order valence-electron chi connectivity index (χ3n) is 3.34. The molecule has 0 fully saturated rings. The number of phenols is 2. The van der Waals surface area contributed by atoms with Crippen molar-refractivity contribution in [2.75, 3.05) is 13.1 Å². The Balaban J connectivity index is 3.29. The highest BCUT2D eigenvalue weighted by atomic mass is 16.6. The number of nitro groups is 1. The molecule has 1 aromatic rings. The van der Waals surface area contributed by atoms with E-state index in [9.17, 15) is 25.1 Å². The third-order valence-corrected chi connectivity index (χ3v) is 3.34. The zero-order chi connectivity index (χ0) is 16.9. The summed E-state index contributed by atoms with van der Waals surface area (Å²) < 4.78 is 0. The largest absolute Gasteiger partial charge is 0.504 e. The Morgan fingerprint density at radius 3 is 2.32 bits per heavy atom. The lowest BCUT2D eigenvalue weighted by molar-refractivity contribution is -0.386. The van der Waals surface area contributed by atoms with Gasteiger partial charge >= 0.3 is 5.69 Å². The number of hydrogen-bond donors (Lipinski definition) is 2. The first kappa shape index (κ1) is 17.5. The van der Waals surface area contributed by atoms with Gasteiger partial charge < -0.3 is 15.1 Å². The van der Waals surface area contributed by atoms with Gasteiger partial charge in [0.25, 0.3) is 0 Å². The van der Waals surface area contributed by atoms with Crippen LogP contribution in [-0.4, -0.2) is 39.0 Å². The molecule has 120 valence electrons. The van der Waals surface area contributed by atoms with Crippen molar-refractivity contribution < 1.29 is 19.9 Å². The van der Waals surface area contributed by atoms with Crippen LogP contribution in [0.3, 0.4) is 0 Å². The van der Waals surface area contributed by atoms with Crippen LogP contribution in [-0.2, 0) is 4.79 Å². The fourth-order valence-corrected chi connectivity index (χ4v) is 2.08. The van der Waals surface area contributed by atoms with Gasteiger partial charge in [-0.05, 0) is 38.0 Å². The van der Waals surface area contributed by atoms with Gasteiger partial charge in [-0.1, -0.05) is 6.92 Å². The minimum Gasteiger partial charge on any atom is -0.504 e. The van der Waals surface area contributed by atoms with E-state index in [2.05, 4.69) is 0 Å². The monoisotopic (exact) mass is 308 g/mol. The summed E-state index contributed by atoms with van der Waals surface area (Å²) in [4.78, 5) is 24.0. The van der Waals surface area contributed by atoms with Crippen molar-refractivity contribution in [1.82, 2.24) is 4.90 Å². The molecule has 22 heavy (non-hydrogen) atoms. The SMILES string of the molecule is CC/C(=C\c1cc(O)c(O)c([N+](=O)[O-])c1)C(=O)N(CC)CC. The fraction of sp³-hybridized carbons (Fsp3) is 0.400. The van der Waals surface area contributed by atoms with Crippen LogP contribution >= 0.6 is 0 Å². The van der Waals surface area contributed by atoms with Crippen molar-refractivity contribution in [2.24, 2.45) is 0 Å². The van der Waals surface area contributed by atoms with Crippen LogP contribution in [0.15, 0.2) is 17.7 Å². The smallest absolute Gasteiger partial charge is 0.315 e. The highest BCUT2D eigenvalue weighted by Crippen LogP contribution is 2.36. The highest BCUT2D eigenvalue weighted by Gasteiger charge is 2.19. The summed E-state index contributed by atoms with van der Waals surface area (Å²) in [5.41, 5.74) is 0.166. The van der Waals surface area contributed by atoms with E-state index in [1.54, 1.807) is 4.90 Å². The standard InChI is InChI=1S/C15H20N2O5/c1-4-11(15(20)16(5-2)6-3)7-10-8-12(17(21)22)14(19)13(18)9-10/h7-9,18-19H,4-6H2,1-3H3/b11-7+. The number of likely N-dealkylation sites (N-methyl/N-ethyl adjacent to an activating group) is 1. The van der Waals surface area contributed by atoms with Crippen molar-refractivity contribution in [3.8, 4) is 11.5 Å². The molecule has 0 bridgehead atoms.